The molecule has 2 aromatic carbocycles. The summed E-state index contributed by atoms with van der Waals surface area (Å²) in [6.45, 7) is 3.07. The van der Waals surface area contributed by atoms with E-state index in [0.717, 1.165) is 4.90 Å². The lowest BCUT2D eigenvalue weighted by Gasteiger charge is -2.22. The molecule has 0 aliphatic rings. The Balaban J connectivity index is 2.14. The van der Waals surface area contributed by atoms with E-state index in [9.17, 15) is 9.59 Å². The second-order valence-electron chi connectivity index (χ2n) is 5.02. The number of esters is 1. The van der Waals surface area contributed by atoms with Gasteiger partial charge in [-0.3, -0.25) is 9.59 Å². The molecule has 0 saturated heterocycles. The molecule has 0 spiro atoms. The van der Waals surface area contributed by atoms with Crippen LogP contribution >= 0.6 is 11.8 Å². The summed E-state index contributed by atoms with van der Waals surface area (Å²) in [4.78, 5) is 24.8. The van der Waals surface area contributed by atoms with Gasteiger partial charge in [0.15, 0.2) is 0 Å². The molecule has 2 atom stereocenters. The van der Waals surface area contributed by atoms with Gasteiger partial charge in [0.25, 0.3) is 0 Å². The van der Waals surface area contributed by atoms with Gasteiger partial charge in [-0.1, -0.05) is 36.4 Å². The second kappa shape index (κ2) is 8.39. The van der Waals surface area contributed by atoms with E-state index in [-0.39, 0.29) is 5.91 Å². The summed E-state index contributed by atoms with van der Waals surface area (Å²) < 4.78 is 5.22. The molecular formula is C18H19NO3S. The first-order valence-electron chi connectivity index (χ1n) is 7.31. The Morgan fingerprint density at radius 1 is 1.00 bits per heavy atom. The van der Waals surface area contributed by atoms with Crippen molar-refractivity contribution in [2.24, 2.45) is 0 Å². The lowest BCUT2D eigenvalue weighted by molar-refractivity contribution is -0.146. The van der Waals surface area contributed by atoms with Crippen LogP contribution in [-0.4, -0.2) is 23.2 Å². The van der Waals surface area contributed by atoms with E-state index >= 15 is 0 Å². The highest BCUT2D eigenvalue weighted by molar-refractivity contribution is 8.00. The van der Waals surface area contributed by atoms with Crippen molar-refractivity contribution in [3.05, 3.63) is 60.7 Å². The molecular weight excluding hydrogens is 310 g/mol. The molecule has 2 rings (SSSR count). The minimum atomic E-state index is -0.540. The lowest BCUT2D eigenvalue weighted by Crippen LogP contribution is -2.36. The molecule has 0 aliphatic carbocycles. The standard InChI is InChI=1S/C18H19NO3S/c1-13(22-14(2)20)17(23-16-11-7-4-8-12-16)18(21)19-15-9-5-3-6-10-15/h3-13,17H,1-2H3,(H,19,21). The Bertz CT molecular complexity index is 646. The fourth-order valence-electron chi connectivity index (χ4n) is 2.07. The second-order valence-corrected chi connectivity index (χ2v) is 6.24. The van der Waals surface area contributed by atoms with E-state index in [1.54, 1.807) is 6.92 Å². The summed E-state index contributed by atoms with van der Waals surface area (Å²) in [6, 6.07) is 18.8. The highest BCUT2D eigenvalue weighted by Crippen LogP contribution is 2.27. The highest BCUT2D eigenvalue weighted by Gasteiger charge is 2.28. The van der Waals surface area contributed by atoms with Crippen molar-refractivity contribution in [1.29, 1.82) is 0 Å². The van der Waals surface area contributed by atoms with E-state index < -0.39 is 17.3 Å². The smallest absolute Gasteiger partial charge is 0.302 e. The van der Waals surface area contributed by atoms with Crippen molar-refractivity contribution in [2.45, 2.75) is 30.1 Å². The molecule has 0 bridgehead atoms. The van der Waals surface area contributed by atoms with Crippen molar-refractivity contribution in [1.82, 2.24) is 0 Å². The summed E-state index contributed by atoms with van der Waals surface area (Å²) in [5, 5.41) is 2.33. The molecule has 4 nitrogen and oxygen atoms in total. The summed E-state index contributed by atoms with van der Waals surface area (Å²) in [7, 11) is 0. The molecule has 0 aliphatic heterocycles. The number of anilines is 1. The van der Waals surface area contributed by atoms with Crippen LogP contribution < -0.4 is 5.32 Å². The Hall–Kier alpha value is -2.27. The summed E-state index contributed by atoms with van der Waals surface area (Å²) >= 11 is 1.38. The topological polar surface area (TPSA) is 55.4 Å². The lowest BCUT2D eigenvalue weighted by atomic mass is 10.2. The number of thioether (sulfide) groups is 1. The van der Waals surface area contributed by atoms with Crippen LogP contribution in [-0.2, 0) is 14.3 Å². The molecule has 0 fully saturated rings. The minimum absolute atomic E-state index is 0.196. The Morgan fingerprint density at radius 3 is 2.13 bits per heavy atom. The van der Waals surface area contributed by atoms with E-state index in [4.69, 9.17) is 4.74 Å². The van der Waals surface area contributed by atoms with E-state index in [2.05, 4.69) is 5.32 Å². The molecule has 120 valence electrons. The molecule has 0 heterocycles. The SMILES string of the molecule is CC(=O)OC(C)C(Sc1ccccc1)C(=O)Nc1ccccc1. The third kappa shape index (κ3) is 5.45. The number of carbonyl (C=O) groups is 2. The van der Waals surface area contributed by atoms with Crippen LogP contribution in [0.15, 0.2) is 65.6 Å². The number of carbonyl (C=O) groups excluding carboxylic acids is 2. The maximum Gasteiger partial charge on any atom is 0.302 e. The van der Waals surface area contributed by atoms with Crippen molar-refractivity contribution >= 4 is 29.3 Å². The maximum absolute atomic E-state index is 12.6. The van der Waals surface area contributed by atoms with Gasteiger partial charge in [-0.2, -0.15) is 0 Å². The van der Waals surface area contributed by atoms with Gasteiger partial charge in [0.1, 0.15) is 11.4 Å². The van der Waals surface area contributed by atoms with E-state index in [0.29, 0.717) is 5.69 Å². The monoisotopic (exact) mass is 329 g/mol. The largest absolute Gasteiger partial charge is 0.461 e. The molecule has 5 heteroatoms. The Morgan fingerprint density at radius 2 is 1.57 bits per heavy atom. The number of rotatable bonds is 6. The number of ether oxygens (including phenoxy) is 1. The molecule has 0 saturated carbocycles. The third-order valence-electron chi connectivity index (χ3n) is 3.08. The fourth-order valence-corrected chi connectivity index (χ4v) is 3.09. The molecule has 1 amide bonds. The van der Waals surface area contributed by atoms with Crippen LogP contribution in [0.25, 0.3) is 0 Å². The van der Waals surface area contributed by atoms with Crippen LogP contribution in [0, 0.1) is 0 Å². The Kier molecular flexibility index (Phi) is 6.23. The fraction of sp³-hybridized carbons (Fsp3) is 0.222. The third-order valence-corrected chi connectivity index (χ3v) is 4.48. The van der Waals surface area contributed by atoms with Gasteiger partial charge in [-0.05, 0) is 31.2 Å². The highest BCUT2D eigenvalue weighted by atomic mass is 32.2. The average molecular weight is 329 g/mol. The first kappa shape index (κ1) is 17.1. The zero-order chi connectivity index (χ0) is 16.7. The van der Waals surface area contributed by atoms with Crippen LogP contribution in [0.3, 0.4) is 0 Å². The first-order chi connectivity index (χ1) is 11.1. The predicted molar refractivity (Wildman–Crippen MR) is 92.4 cm³/mol. The Labute approximate surface area is 140 Å². The van der Waals surface area contributed by atoms with Crippen LogP contribution in [0.4, 0.5) is 5.69 Å². The van der Waals surface area contributed by atoms with Crippen molar-refractivity contribution in [3.63, 3.8) is 0 Å². The van der Waals surface area contributed by atoms with Gasteiger partial charge in [0, 0.05) is 17.5 Å². The van der Waals surface area contributed by atoms with E-state index in [1.165, 1.54) is 18.7 Å². The van der Waals surface area contributed by atoms with Gasteiger partial charge in [-0.15, -0.1) is 11.8 Å². The zero-order valence-corrected chi connectivity index (χ0v) is 13.9. The van der Waals surface area contributed by atoms with Gasteiger partial charge >= 0.3 is 5.97 Å². The maximum atomic E-state index is 12.6. The first-order valence-corrected chi connectivity index (χ1v) is 8.19. The molecule has 23 heavy (non-hydrogen) atoms. The van der Waals surface area contributed by atoms with Gasteiger partial charge in [0.2, 0.25) is 5.91 Å². The molecule has 2 unspecified atom stereocenters. The summed E-state index contributed by atoms with van der Waals surface area (Å²) in [5.74, 6) is -0.595. The van der Waals surface area contributed by atoms with Gasteiger partial charge < -0.3 is 10.1 Å². The zero-order valence-electron chi connectivity index (χ0n) is 13.1. The molecule has 1 N–H and O–H groups in total. The molecule has 2 aromatic rings. The normalized spacial score (nSPS) is 13.0. The average Bonchev–Trinajstić information content (AvgIpc) is 2.53. The number of para-hydroxylation sites is 1. The number of hydrogen-bond donors (Lipinski definition) is 1. The predicted octanol–water partition coefficient (Wildman–Crippen LogP) is 3.74. The number of hydrogen-bond acceptors (Lipinski definition) is 4. The van der Waals surface area contributed by atoms with Crippen LogP contribution in [0.1, 0.15) is 13.8 Å². The molecule has 0 radical (unpaired) electrons. The van der Waals surface area contributed by atoms with Crippen LogP contribution in [0.5, 0.6) is 0 Å². The van der Waals surface area contributed by atoms with Gasteiger partial charge in [-0.25, -0.2) is 0 Å². The number of benzene rings is 2. The molecule has 0 aromatic heterocycles. The summed E-state index contributed by atoms with van der Waals surface area (Å²) in [6.07, 6.45) is -0.540. The van der Waals surface area contributed by atoms with E-state index in [1.807, 2.05) is 60.7 Å². The summed E-state index contributed by atoms with van der Waals surface area (Å²) in [5.41, 5.74) is 0.714. The van der Waals surface area contributed by atoms with Crippen LogP contribution in [0.2, 0.25) is 0 Å². The minimum Gasteiger partial charge on any atom is -0.461 e. The van der Waals surface area contributed by atoms with Crippen molar-refractivity contribution in [2.75, 3.05) is 5.32 Å². The van der Waals surface area contributed by atoms with Crippen molar-refractivity contribution in [3.8, 4) is 0 Å². The quantitative estimate of drug-likeness (QED) is 0.648. The number of amides is 1. The van der Waals surface area contributed by atoms with Gasteiger partial charge in [0.05, 0.1) is 0 Å². The van der Waals surface area contributed by atoms with Crippen molar-refractivity contribution < 1.29 is 14.3 Å². The number of nitrogens with one attached hydrogen (secondary N) is 1.